The van der Waals surface area contributed by atoms with Crippen LogP contribution in [-0.2, 0) is 0 Å². The van der Waals surface area contributed by atoms with Crippen molar-refractivity contribution in [2.75, 3.05) is 0 Å². The van der Waals surface area contributed by atoms with Crippen molar-refractivity contribution < 1.29 is 0 Å². The van der Waals surface area contributed by atoms with Crippen molar-refractivity contribution in [2.24, 2.45) is 0 Å². The number of nitrogens with zero attached hydrogens (tertiary/aromatic N) is 1. The van der Waals surface area contributed by atoms with Crippen molar-refractivity contribution in [3.8, 4) is 0 Å². The molecule has 2 rings (SSSR count). The quantitative estimate of drug-likeness (QED) is 0.741. The third-order valence-corrected chi connectivity index (χ3v) is 2.23. The first kappa shape index (κ1) is 7.49. The van der Waals surface area contributed by atoms with Crippen LogP contribution in [-0.4, -0.2) is 9.97 Å². The summed E-state index contributed by atoms with van der Waals surface area (Å²) in [5.41, 5.74) is 0.773. The van der Waals surface area contributed by atoms with E-state index in [0.717, 1.165) is 9.99 Å². The molecule has 2 heterocycles. The van der Waals surface area contributed by atoms with Gasteiger partial charge in [-0.2, -0.15) is 0 Å². The van der Waals surface area contributed by atoms with Crippen LogP contribution in [0.15, 0.2) is 33.9 Å². The summed E-state index contributed by atoms with van der Waals surface area (Å²) in [7, 11) is 0. The second kappa shape index (κ2) is 2.71. The van der Waals surface area contributed by atoms with Gasteiger partial charge < -0.3 is 4.98 Å². The first-order valence-electron chi connectivity index (χ1n) is 3.40. The van der Waals surface area contributed by atoms with Gasteiger partial charge in [0.25, 0.3) is 0 Å². The Morgan fingerprint density at radius 3 is 3.00 bits per heavy atom. The fourth-order valence-corrected chi connectivity index (χ4v) is 1.51. The average Bonchev–Trinajstić information content (AvgIpc) is 2.07. The SMILES string of the molecule is O=c1cc[nH]c2c(Br)cncc12. The minimum absolute atomic E-state index is 0.0162. The molecule has 3 nitrogen and oxygen atoms in total. The number of aromatic amines is 1. The van der Waals surface area contributed by atoms with E-state index in [1.807, 2.05) is 0 Å². The predicted octanol–water partition coefficient (Wildman–Crippen LogP) is 1.69. The number of rotatable bonds is 0. The van der Waals surface area contributed by atoms with E-state index in [0.29, 0.717) is 5.39 Å². The Morgan fingerprint density at radius 1 is 1.42 bits per heavy atom. The second-order valence-electron chi connectivity index (χ2n) is 2.39. The zero-order valence-corrected chi connectivity index (χ0v) is 7.63. The van der Waals surface area contributed by atoms with Crippen LogP contribution in [0, 0.1) is 0 Å². The average molecular weight is 225 g/mol. The Kier molecular flexibility index (Phi) is 1.69. The molecule has 0 aliphatic rings. The normalized spacial score (nSPS) is 10.4. The Bertz CT molecular complexity index is 478. The highest BCUT2D eigenvalue weighted by molar-refractivity contribution is 9.10. The third-order valence-electron chi connectivity index (χ3n) is 1.63. The molecule has 60 valence electrons. The van der Waals surface area contributed by atoms with E-state index in [9.17, 15) is 4.79 Å². The molecule has 0 saturated heterocycles. The van der Waals surface area contributed by atoms with Gasteiger partial charge in [0.2, 0.25) is 0 Å². The van der Waals surface area contributed by atoms with Crippen LogP contribution in [0.3, 0.4) is 0 Å². The third kappa shape index (κ3) is 1.04. The molecule has 0 aliphatic heterocycles. The largest absolute Gasteiger partial charge is 0.360 e. The lowest BCUT2D eigenvalue weighted by Gasteiger charge is -1.96. The lowest BCUT2D eigenvalue weighted by Crippen LogP contribution is -2.00. The van der Waals surface area contributed by atoms with Crippen LogP contribution in [0.25, 0.3) is 10.9 Å². The molecule has 4 heteroatoms. The maximum absolute atomic E-state index is 11.3. The maximum atomic E-state index is 11.3. The van der Waals surface area contributed by atoms with Gasteiger partial charge in [0.15, 0.2) is 5.43 Å². The van der Waals surface area contributed by atoms with Gasteiger partial charge >= 0.3 is 0 Å². The lowest BCUT2D eigenvalue weighted by molar-refractivity contribution is 1.29. The van der Waals surface area contributed by atoms with E-state index in [1.165, 1.54) is 6.07 Å². The number of hydrogen-bond acceptors (Lipinski definition) is 2. The summed E-state index contributed by atoms with van der Waals surface area (Å²) in [6, 6.07) is 1.48. The molecule has 2 aromatic heterocycles. The number of nitrogens with one attached hydrogen (secondary N) is 1. The Hall–Kier alpha value is -1.16. The molecule has 0 fully saturated rings. The van der Waals surface area contributed by atoms with E-state index < -0.39 is 0 Å². The Labute approximate surface area is 76.6 Å². The molecule has 0 spiro atoms. The second-order valence-corrected chi connectivity index (χ2v) is 3.24. The smallest absolute Gasteiger partial charge is 0.190 e. The maximum Gasteiger partial charge on any atom is 0.190 e. The molecule has 0 unspecified atom stereocenters. The topological polar surface area (TPSA) is 45.8 Å². The van der Waals surface area contributed by atoms with Gasteiger partial charge in [0, 0.05) is 24.7 Å². The molecular weight excluding hydrogens is 220 g/mol. The van der Waals surface area contributed by atoms with Crippen LogP contribution in [0.1, 0.15) is 0 Å². The summed E-state index contributed by atoms with van der Waals surface area (Å²) in [6.45, 7) is 0. The van der Waals surface area contributed by atoms with Gasteiger partial charge in [-0.1, -0.05) is 0 Å². The lowest BCUT2D eigenvalue weighted by atomic mass is 10.3. The van der Waals surface area contributed by atoms with Gasteiger partial charge in [-0.25, -0.2) is 0 Å². The Balaban J connectivity index is 3.05. The Morgan fingerprint density at radius 2 is 2.25 bits per heavy atom. The van der Waals surface area contributed by atoms with Crippen LogP contribution in [0.4, 0.5) is 0 Å². The fourth-order valence-electron chi connectivity index (χ4n) is 1.06. The number of pyridine rings is 2. The summed E-state index contributed by atoms with van der Waals surface area (Å²) in [6.07, 6.45) is 4.83. The molecule has 1 N–H and O–H groups in total. The van der Waals surface area contributed by atoms with Crippen LogP contribution < -0.4 is 5.43 Å². The summed E-state index contributed by atoms with van der Waals surface area (Å²) in [5.74, 6) is 0. The van der Waals surface area contributed by atoms with E-state index in [2.05, 4.69) is 25.9 Å². The molecule has 0 atom stereocenters. The van der Waals surface area contributed by atoms with Crippen molar-refractivity contribution >= 4 is 26.8 Å². The molecule has 2 aromatic rings. The van der Waals surface area contributed by atoms with Crippen molar-refractivity contribution in [2.45, 2.75) is 0 Å². The summed E-state index contributed by atoms with van der Waals surface area (Å²) < 4.78 is 0.803. The van der Waals surface area contributed by atoms with Gasteiger partial charge in [0.1, 0.15) is 0 Å². The minimum atomic E-state index is -0.0162. The summed E-state index contributed by atoms with van der Waals surface area (Å²) in [5, 5.41) is 0.604. The van der Waals surface area contributed by atoms with Crippen LogP contribution >= 0.6 is 15.9 Å². The van der Waals surface area contributed by atoms with E-state index in [-0.39, 0.29) is 5.43 Å². The molecule has 12 heavy (non-hydrogen) atoms. The number of hydrogen-bond donors (Lipinski definition) is 1. The van der Waals surface area contributed by atoms with Crippen molar-refractivity contribution in [3.05, 3.63) is 39.4 Å². The number of fused-ring (bicyclic) bond motifs is 1. The highest BCUT2D eigenvalue weighted by Gasteiger charge is 2.00. The van der Waals surface area contributed by atoms with E-state index in [1.54, 1.807) is 18.6 Å². The standard InChI is InChI=1S/C8H5BrN2O/c9-6-4-10-3-5-7(12)1-2-11-8(5)6/h1-4H,(H,11,12). The molecule has 0 amide bonds. The zero-order chi connectivity index (χ0) is 8.55. The number of halogens is 1. The number of aromatic nitrogens is 2. The number of H-pyrrole nitrogens is 1. The zero-order valence-electron chi connectivity index (χ0n) is 6.04. The predicted molar refractivity (Wildman–Crippen MR) is 50.1 cm³/mol. The molecule has 0 bridgehead atoms. The minimum Gasteiger partial charge on any atom is -0.360 e. The van der Waals surface area contributed by atoms with Crippen LogP contribution in [0.5, 0.6) is 0 Å². The highest BCUT2D eigenvalue weighted by atomic mass is 79.9. The van der Waals surface area contributed by atoms with Crippen LogP contribution in [0.2, 0.25) is 0 Å². The molecular formula is C8H5BrN2O. The molecule has 0 saturated carbocycles. The monoisotopic (exact) mass is 224 g/mol. The molecule has 0 radical (unpaired) electrons. The van der Waals surface area contributed by atoms with Crippen molar-refractivity contribution in [1.29, 1.82) is 0 Å². The van der Waals surface area contributed by atoms with E-state index >= 15 is 0 Å². The summed E-state index contributed by atoms with van der Waals surface area (Å²) >= 11 is 3.30. The summed E-state index contributed by atoms with van der Waals surface area (Å²) in [4.78, 5) is 18.1. The van der Waals surface area contributed by atoms with Gasteiger partial charge in [-0.3, -0.25) is 9.78 Å². The van der Waals surface area contributed by atoms with Gasteiger partial charge in [-0.15, -0.1) is 0 Å². The first-order chi connectivity index (χ1) is 5.79. The van der Waals surface area contributed by atoms with Crippen molar-refractivity contribution in [3.63, 3.8) is 0 Å². The van der Waals surface area contributed by atoms with E-state index in [4.69, 9.17) is 0 Å². The highest BCUT2D eigenvalue weighted by Crippen LogP contribution is 2.16. The first-order valence-corrected chi connectivity index (χ1v) is 4.19. The van der Waals surface area contributed by atoms with Crippen molar-refractivity contribution in [1.82, 2.24) is 9.97 Å². The fraction of sp³-hybridized carbons (Fsp3) is 0. The molecule has 0 aromatic carbocycles. The van der Waals surface area contributed by atoms with Gasteiger partial charge in [0.05, 0.1) is 15.4 Å². The van der Waals surface area contributed by atoms with Gasteiger partial charge in [-0.05, 0) is 15.9 Å². The molecule has 0 aliphatic carbocycles.